The summed E-state index contributed by atoms with van der Waals surface area (Å²) in [5, 5.41) is 0. The van der Waals surface area contributed by atoms with Crippen LogP contribution in [0, 0.1) is 6.92 Å². The van der Waals surface area contributed by atoms with Crippen molar-refractivity contribution in [3.63, 3.8) is 0 Å². The molecule has 0 spiro atoms. The van der Waals surface area contributed by atoms with Crippen LogP contribution in [0.3, 0.4) is 0 Å². The molecule has 0 amide bonds. The van der Waals surface area contributed by atoms with Crippen LogP contribution in [0.15, 0.2) is 24.3 Å². The van der Waals surface area contributed by atoms with Crippen molar-refractivity contribution in [3.8, 4) is 0 Å². The second-order valence-electron chi connectivity index (χ2n) is 7.70. The van der Waals surface area contributed by atoms with E-state index >= 15 is 0 Å². The summed E-state index contributed by atoms with van der Waals surface area (Å²) in [4.78, 5) is 0. The summed E-state index contributed by atoms with van der Waals surface area (Å²) in [6.07, 6.45) is 7.18. The summed E-state index contributed by atoms with van der Waals surface area (Å²) >= 11 is 0. The summed E-state index contributed by atoms with van der Waals surface area (Å²) < 4.78 is 36.0. The van der Waals surface area contributed by atoms with Crippen molar-refractivity contribution >= 4 is 10.2 Å². The third-order valence-corrected chi connectivity index (χ3v) is 7.77. The van der Waals surface area contributed by atoms with Gasteiger partial charge in [0, 0.05) is 32.3 Å². The van der Waals surface area contributed by atoms with Crippen molar-refractivity contribution in [1.29, 1.82) is 0 Å². The van der Waals surface area contributed by atoms with Crippen molar-refractivity contribution in [2.45, 2.75) is 70.5 Å². The van der Waals surface area contributed by atoms with Crippen molar-refractivity contribution in [2.24, 2.45) is 0 Å². The summed E-state index contributed by atoms with van der Waals surface area (Å²) in [6.45, 7) is 3.60. The topological polar surface area (TPSA) is 49.9 Å². The molecule has 0 N–H and O–H groups in total. The third kappa shape index (κ3) is 4.47. The lowest BCUT2D eigenvalue weighted by molar-refractivity contribution is 0.141. The monoisotopic (exact) mass is 380 g/mol. The van der Waals surface area contributed by atoms with E-state index < -0.39 is 10.2 Å². The molecule has 1 saturated heterocycles. The maximum Gasteiger partial charge on any atom is 0.282 e. The molecule has 1 aromatic carbocycles. The van der Waals surface area contributed by atoms with Crippen LogP contribution in [0.4, 0.5) is 0 Å². The number of aryl methyl sites for hydroxylation is 1. The first-order chi connectivity index (χ1) is 12.5. The summed E-state index contributed by atoms with van der Waals surface area (Å²) in [5.41, 5.74) is 2.24. The molecule has 1 aromatic rings. The van der Waals surface area contributed by atoms with Gasteiger partial charge in [-0.25, -0.2) is 0 Å². The molecule has 0 radical (unpaired) electrons. The number of nitrogens with zero attached hydrogens (tertiary/aromatic N) is 2. The normalized spacial score (nSPS) is 23.0. The van der Waals surface area contributed by atoms with E-state index in [-0.39, 0.29) is 12.1 Å². The Balaban J connectivity index is 1.88. The highest BCUT2D eigenvalue weighted by molar-refractivity contribution is 7.86. The Morgan fingerprint density at radius 2 is 1.92 bits per heavy atom. The molecule has 0 bridgehead atoms. The average molecular weight is 381 g/mol. The molecule has 1 heterocycles. The first-order valence-electron chi connectivity index (χ1n) is 9.85. The average Bonchev–Trinajstić information content (AvgIpc) is 3.10. The fourth-order valence-electron chi connectivity index (χ4n) is 4.37. The molecule has 2 aliphatic rings. The molecule has 3 rings (SSSR count). The molecule has 1 unspecified atom stereocenters. The standard InChI is InChI=1S/C20H32N2O3S/c1-17-8-6-9-18(14-17)15-22(19-10-4-3-5-11-19)26(23,24)21-13-7-12-20(21)16-25-2/h6,8-9,14,19-20H,3-5,7,10-13,15-16H2,1-2H3. The van der Waals surface area contributed by atoms with Gasteiger partial charge in [0.15, 0.2) is 0 Å². The minimum absolute atomic E-state index is 0.0337. The van der Waals surface area contributed by atoms with Crippen LogP contribution in [-0.2, 0) is 21.5 Å². The minimum Gasteiger partial charge on any atom is -0.383 e. The van der Waals surface area contributed by atoms with Crippen molar-refractivity contribution in [2.75, 3.05) is 20.3 Å². The second-order valence-corrected chi connectivity index (χ2v) is 9.53. The van der Waals surface area contributed by atoms with Gasteiger partial charge in [0.05, 0.1) is 6.61 Å². The Kier molecular flexibility index (Phi) is 6.72. The van der Waals surface area contributed by atoms with E-state index in [2.05, 4.69) is 19.1 Å². The second kappa shape index (κ2) is 8.83. The number of methoxy groups -OCH3 is 1. The zero-order chi connectivity index (χ0) is 18.6. The van der Waals surface area contributed by atoms with Crippen LogP contribution >= 0.6 is 0 Å². The maximum absolute atomic E-state index is 13.6. The summed E-state index contributed by atoms with van der Waals surface area (Å²) in [6, 6.07) is 8.28. The molecule has 1 atom stereocenters. The van der Waals surface area contributed by atoms with E-state index in [0.29, 0.717) is 19.7 Å². The van der Waals surface area contributed by atoms with Gasteiger partial charge in [0.25, 0.3) is 10.2 Å². The molecule has 1 aliphatic heterocycles. The van der Waals surface area contributed by atoms with Crippen LogP contribution in [0.1, 0.15) is 56.1 Å². The van der Waals surface area contributed by atoms with Crippen LogP contribution in [-0.4, -0.2) is 49.4 Å². The van der Waals surface area contributed by atoms with Crippen molar-refractivity contribution < 1.29 is 13.2 Å². The lowest BCUT2D eigenvalue weighted by Crippen LogP contribution is -2.51. The van der Waals surface area contributed by atoms with E-state index in [4.69, 9.17) is 4.74 Å². The molecule has 1 saturated carbocycles. The largest absolute Gasteiger partial charge is 0.383 e. The van der Waals surface area contributed by atoms with Crippen molar-refractivity contribution in [1.82, 2.24) is 8.61 Å². The molecule has 0 aromatic heterocycles. The maximum atomic E-state index is 13.6. The van der Waals surface area contributed by atoms with Gasteiger partial charge in [-0.15, -0.1) is 0 Å². The first kappa shape index (κ1) is 19.8. The Morgan fingerprint density at radius 3 is 2.62 bits per heavy atom. The highest BCUT2D eigenvalue weighted by Gasteiger charge is 2.41. The van der Waals surface area contributed by atoms with Crippen LogP contribution in [0.2, 0.25) is 0 Å². The predicted molar refractivity (Wildman–Crippen MR) is 104 cm³/mol. The van der Waals surface area contributed by atoms with Crippen LogP contribution < -0.4 is 0 Å². The van der Waals surface area contributed by atoms with E-state index in [0.717, 1.165) is 44.1 Å². The highest BCUT2D eigenvalue weighted by atomic mass is 32.2. The fraction of sp³-hybridized carbons (Fsp3) is 0.700. The van der Waals surface area contributed by atoms with E-state index in [1.54, 1.807) is 15.7 Å². The number of hydrogen-bond donors (Lipinski definition) is 0. The van der Waals surface area contributed by atoms with Crippen LogP contribution in [0.25, 0.3) is 0 Å². The quantitative estimate of drug-likeness (QED) is 0.728. The van der Waals surface area contributed by atoms with Gasteiger partial charge in [0.1, 0.15) is 0 Å². The molecule has 6 heteroatoms. The van der Waals surface area contributed by atoms with Gasteiger partial charge in [-0.2, -0.15) is 17.0 Å². The minimum atomic E-state index is -3.50. The van der Waals surface area contributed by atoms with E-state index in [9.17, 15) is 8.42 Å². The molecule has 1 aliphatic carbocycles. The SMILES string of the molecule is COCC1CCCN1S(=O)(=O)N(Cc1cccc(C)c1)C1CCCCC1. The van der Waals surface area contributed by atoms with E-state index in [1.165, 1.54) is 12.0 Å². The molecule has 146 valence electrons. The van der Waals surface area contributed by atoms with Gasteiger partial charge in [0.2, 0.25) is 0 Å². The zero-order valence-electron chi connectivity index (χ0n) is 16.1. The number of ether oxygens (including phenoxy) is 1. The lowest BCUT2D eigenvalue weighted by Gasteiger charge is -2.37. The Bertz CT molecular complexity index is 686. The molecular weight excluding hydrogens is 348 g/mol. The van der Waals surface area contributed by atoms with E-state index in [1.807, 2.05) is 12.1 Å². The predicted octanol–water partition coefficient (Wildman–Crippen LogP) is 3.49. The van der Waals surface area contributed by atoms with Crippen molar-refractivity contribution in [3.05, 3.63) is 35.4 Å². The number of benzene rings is 1. The van der Waals surface area contributed by atoms with Crippen LogP contribution in [0.5, 0.6) is 0 Å². The van der Waals surface area contributed by atoms with Gasteiger partial charge >= 0.3 is 0 Å². The zero-order valence-corrected chi connectivity index (χ0v) is 16.9. The van der Waals surface area contributed by atoms with Gasteiger partial charge in [-0.05, 0) is 38.2 Å². The lowest BCUT2D eigenvalue weighted by atomic mass is 9.95. The Morgan fingerprint density at radius 1 is 1.15 bits per heavy atom. The fourth-order valence-corrected chi connectivity index (χ4v) is 6.44. The Hall–Kier alpha value is -0.950. The summed E-state index contributed by atoms with van der Waals surface area (Å²) in [5.74, 6) is 0. The number of rotatable bonds is 7. The first-order valence-corrected chi connectivity index (χ1v) is 11.2. The van der Waals surface area contributed by atoms with Gasteiger partial charge in [-0.1, -0.05) is 49.1 Å². The molecule has 2 fully saturated rings. The van der Waals surface area contributed by atoms with Gasteiger partial charge < -0.3 is 4.74 Å². The Labute approximate surface area is 158 Å². The van der Waals surface area contributed by atoms with Gasteiger partial charge in [-0.3, -0.25) is 0 Å². The third-order valence-electron chi connectivity index (χ3n) is 5.68. The molecule has 26 heavy (non-hydrogen) atoms. The highest BCUT2D eigenvalue weighted by Crippen LogP contribution is 2.31. The summed E-state index contributed by atoms with van der Waals surface area (Å²) in [7, 11) is -1.85. The molecular formula is C20H32N2O3S. The molecule has 5 nitrogen and oxygen atoms in total. The smallest absolute Gasteiger partial charge is 0.282 e. The number of hydrogen-bond acceptors (Lipinski definition) is 3.